The van der Waals surface area contributed by atoms with E-state index in [1.165, 1.54) is 12.1 Å². The first-order valence-corrected chi connectivity index (χ1v) is 8.45. The molecule has 134 valence electrons. The number of halogens is 1. The number of hydrogen-bond acceptors (Lipinski definition) is 2. The van der Waals surface area contributed by atoms with Crippen LogP contribution in [0.3, 0.4) is 0 Å². The van der Waals surface area contributed by atoms with Gasteiger partial charge in [0.05, 0.1) is 7.11 Å². The summed E-state index contributed by atoms with van der Waals surface area (Å²) < 4.78 is 18.1. The molecule has 0 heterocycles. The number of benzene rings is 2. The molecule has 1 N–H and O–H groups in total. The highest BCUT2D eigenvalue weighted by atomic mass is 19.1. The van der Waals surface area contributed by atoms with Crippen LogP contribution in [0, 0.1) is 5.82 Å². The fraction of sp³-hybridized carbons (Fsp3) is 0.350. The first-order chi connectivity index (χ1) is 12.0. The second-order valence-electron chi connectivity index (χ2n) is 5.97. The number of carbonyl (C=O) groups excluding carboxylic acids is 1. The van der Waals surface area contributed by atoms with Crippen molar-refractivity contribution in [1.82, 2.24) is 10.2 Å². The van der Waals surface area contributed by atoms with Gasteiger partial charge in [-0.3, -0.25) is 0 Å². The summed E-state index contributed by atoms with van der Waals surface area (Å²) in [6, 6.07) is 14.0. The van der Waals surface area contributed by atoms with Crippen molar-refractivity contribution in [3.63, 3.8) is 0 Å². The van der Waals surface area contributed by atoms with Gasteiger partial charge in [0.25, 0.3) is 0 Å². The van der Waals surface area contributed by atoms with Crippen LogP contribution in [0.15, 0.2) is 48.5 Å². The van der Waals surface area contributed by atoms with Gasteiger partial charge in [-0.25, -0.2) is 9.18 Å². The maximum Gasteiger partial charge on any atom is 0.317 e. The minimum atomic E-state index is -0.279. The summed E-state index contributed by atoms with van der Waals surface area (Å²) in [5.41, 5.74) is 2.02. The Morgan fingerprint density at radius 1 is 1.12 bits per heavy atom. The number of nitrogens with zero attached hydrogens (tertiary/aromatic N) is 1. The van der Waals surface area contributed by atoms with Gasteiger partial charge in [-0.05, 0) is 55.7 Å². The minimum absolute atomic E-state index is 0.0617. The number of urea groups is 1. The molecule has 0 bridgehead atoms. The van der Waals surface area contributed by atoms with Gasteiger partial charge in [-0.15, -0.1) is 0 Å². The van der Waals surface area contributed by atoms with Crippen molar-refractivity contribution in [2.45, 2.75) is 32.9 Å². The SMILES string of the molecule is CCN(C(=O)NCc1ccc(F)cc1)C(C)Cc1ccc(OC)cc1. The van der Waals surface area contributed by atoms with E-state index in [-0.39, 0.29) is 17.9 Å². The third kappa shape index (κ3) is 5.48. The van der Waals surface area contributed by atoms with Gasteiger partial charge in [0.2, 0.25) is 0 Å². The first-order valence-electron chi connectivity index (χ1n) is 8.45. The largest absolute Gasteiger partial charge is 0.497 e. The fourth-order valence-electron chi connectivity index (χ4n) is 2.75. The monoisotopic (exact) mass is 344 g/mol. The van der Waals surface area contributed by atoms with Gasteiger partial charge in [-0.2, -0.15) is 0 Å². The van der Waals surface area contributed by atoms with Crippen LogP contribution >= 0.6 is 0 Å². The van der Waals surface area contributed by atoms with Gasteiger partial charge in [0.15, 0.2) is 0 Å². The molecule has 0 aliphatic carbocycles. The fourth-order valence-corrected chi connectivity index (χ4v) is 2.75. The molecule has 0 radical (unpaired) electrons. The number of methoxy groups -OCH3 is 1. The molecule has 0 saturated heterocycles. The van der Waals surface area contributed by atoms with Gasteiger partial charge in [0.1, 0.15) is 11.6 Å². The number of nitrogens with one attached hydrogen (secondary N) is 1. The van der Waals surface area contributed by atoms with Crippen LogP contribution in [0.25, 0.3) is 0 Å². The number of rotatable bonds is 7. The van der Waals surface area contributed by atoms with Crippen LogP contribution in [0.5, 0.6) is 5.75 Å². The summed E-state index contributed by atoms with van der Waals surface area (Å²) in [6.45, 7) is 4.99. The molecule has 1 atom stereocenters. The van der Waals surface area contributed by atoms with E-state index in [1.54, 1.807) is 24.1 Å². The van der Waals surface area contributed by atoms with Crippen molar-refractivity contribution in [3.05, 3.63) is 65.5 Å². The lowest BCUT2D eigenvalue weighted by atomic mass is 10.1. The third-order valence-electron chi connectivity index (χ3n) is 4.18. The Hall–Kier alpha value is -2.56. The maximum atomic E-state index is 12.9. The summed E-state index contributed by atoms with van der Waals surface area (Å²) in [7, 11) is 1.64. The second kappa shape index (κ2) is 9.06. The summed E-state index contributed by atoms with van der Waals surface area (Å²) in [5, 5.41) is 2.90. The minimum Gasteiger partial charge on any atom is -0.497 e. The second-order valence-corrected chi connectivity index (χ2v) is 5.97. The summed E-state index contributed by atoms with van der Waals surface area (Å²) in [4.78, 5) is 14.3. The van der Waals surface area contributed by atoms with Crippen LogP contribution in [0.2, 0.25) is 0 Å². The highest BCUT2D eigenvalue weighted by Gasteiger charge is 2.18. The molecule has 25 heavy (non-hydrogen) atoms. The number of likely N-dealkylation sites (N-methyl/N-ethyl adjacent to an activating group) is 1. The Bertz CT molecular complexity index is 671. The maximum absolute atomic E-state index is 12.9. The molecule has 0 saturated carbocycles. The quantitative estimate of drug-likeness (QED) is 0.825. The lowest BCUT2D eigenvalue weighted by molar-refractivity contribution is 0.181. The lowest BCUT2D eigenvalue weighted by Gasteiger charge is -2.28. The number of hydrogen-bond donors (Lipinski definition) is 1. The van der Waals surface area contributed by atoms with Crippen LogP contribution < -0.4 is 10.1 Å². The Balaban J connectivity index is 1.91. The van der Waals surface area contributed by atoms with E-state index < -0.39 is 0 Å². The van der Waals surface area contributed by atoms with E-state index in [0.29, 0.717) is 13.1 Å². The summed E-state index contributed by atoms with van der Waals surface area (Å²) in [5.74, 6) is 0.541. The lowest BCUT2D eigenvalue weighted by Crippen LogP contribution is -2.45. The zero-order valence-corrected chi connectivity index (χ0v) is 15.0. The average Bonchev–Trinajstić information content (AvgIpc) is 2.62. The molecular weight excluding hydrogens is 319 g/mol. The van der Waals surface area contributed by atoms with E-state index in [9.17, 15) is 9.18 Å². The predicted octanol–water partition coefficient (Wildman–Crippen LogP) is 4.00. The van der Waals surface area contributed by atoms with Crippen molar-refractivity contribution >= 4 is 6.03 Å². The molecular formula is C20H25FN2O2. The van der Waals surface area contributed by atoms with Crippen LogP contribution in [-0.2, 0) is 13.0 Å². The van der Waals surface area contributed by atoms with Gasteiger partial charge >= 0.3 is 6.03 Å². The molecule has 5 heteroatoms. The highest BCUT2D eigenvalue weighted by molar-refractivity contribution is 5.74. The molecule has 2 aromatic rings. The summed E-state index contributed by atoms with van der Waals surface area (Å²) >= 11 is 0. The Morgan fingerprint density at radius 2 is 1.72 bits per heavy atom. The van der Waals surface area contributed by atoms with Gasteiger partial charge in [0, 0.05) is 19.1 Å². The molecule has 0 aliphatic heterocycles. The van der Waals surface area contributed by atoms with Crippen molar-refractivity contribution in [2.24, 2.45) is 0 Å². The molecule has 0 aliphatic rings. The van der Waals surface area contributed by atoms with E-state index in [4.69, 9.17) is 4.74 Å². The van der Waals surface area contributed by atoms with Crippen molar-refractivity contribution in [1.29, 1.82) is 0 Å². The Kier molecular flexibility index (Phi) is 6.81. The number of carbonyl (C=O) groups is 1. The summed E-state index contributed by atoms with van der Waals surface area (Å²) in [6.07, 6.45) is 0.766. The predicted molar refractivity (Wildman–Crippen MR) is 97.2 cm³/mol. The smallest absolute Gasteiger partial charge is 0.317 e. The van der Waals surface area contributed by atoms with Crippen LogP contribution in [-0.4, -0.2) is 30.6 Å². The molecule has 1 unspecified atom stereocenters. The standard InChI is InChI=1S/C20H25FN2O2/c1-4-23(15(2)13-16-7-11-19(25-3)12-8-16)20(24)22-14-17-5-9-18(21)10-6-17/h5-12,15H,4,13-14H2,1-3H3,(H,22,24). The average molecular weight is 344 g/mol. The molecule has 0 aromatic heterocycles. The van der Waals surface area contributed by atoms with Gasteiger partial charge < -0.3 is 15.0 Å². The zero-order chi connectivity index (χ0) is 18.2. The molecule has 0 spiro atoms. The molecule has 0 fully saturated rings. The Labute approximate surface area is 148 Å². The first kappa shape index (κ1) is 18.8. The topological polar surface area (TPSA) is 41.6 Å². The van der Waals surface area contributed by atoms with E-state index in [0.717, 1.165) is 23.3 Å². The molecule has 2 aromatic carbocycles. The number of amides is 2. The Morgan fingerprint density at radius 3 is 2.28 bits per heavy atom. The third-order valence-corrected chi connectivity index (χ3v) is 4.18. The zero-order valence-electron chi connectivity index (χ0n) is 15.0. The highest BCUT2D eigenvalue weighted by Crippen LogP contribution is 2.15. The van der Waals surface area contributed by atoms with E-state index in [2.05, 4.69) is 5.32 Å². The number of ether oxygens (including phenoxy) is 1. The van der Waals surface area contributed by atoms with Crippen LogP contribution in [0.1, 0.15) is 25.0 Å². The van der Waals surface area contributed by atoms with Crippen molar-refractivity contribution in [2.75, 3.05) is 13.7 Å². The van der Waals surface area contributed by atoms with Crippen molar-refractivity contribution < 1.29 is 13.9 Å². The van der Waals surface area contributed by atoms with Crippen LogP contribution in [0.4, 0.5) is 9.18 Å². The van der Waals surface area contributed by atoms with Crippen molar-refractivity contribution in [3.8, 4) is 5.75 Å². The van der Waals surface area contributed by atoms with E-state index in [1.807, 2.05) is 38.1 Å². The van der Waals surface area contributed by atoms with E-state index >= 15 is 0 Å². The molecule has 4 nitrogen and oxygen atoms in total. The normalized spacial score (nSPS) is 11.7. The molecule has 2 rings (SSSR count). The van der Waals surface area contributed by atoms with Gasteiger partial charge in [-0.1, -0.05) is 24.3 Å². The molecule has 2 amide bonds.